The standard InChI is InChI=1S/C10H12Cl/c1-7(2)9-4-8(3)5-10(11)6-9/h4-7H,3H2,1-2H3. The first-order chi connectivity index (χ1) is 5.09. The molecule has 0 aliphatic carbocycles. The van der Waals surface area contributed by atoms with Crippen molar-refractivity contribution in [3.05, 3.63) is 41.3 Å². The summed E-state index contributed by atoms with van der Waals surface area (Å²) in [6.45, 7) is 8.13. The Morgan fingerprint density at radius 3 is 2.36 bits per heavy atom. The molecule has 0 aliphatic heterocycles. The van der Waals surface area contributed by atoms with Crippen molar-refractivity contribution in [2.24, 2.45) is 0 Å². The molecule has 0 saturated carbocycles. The molecule has 0 N–H and O–H groups in total. The molecule has 0 spiro atoms. The van der Waals surface area contributed by atoms with Crippen LogP contribution in [0.15, 0.2) is 18.2 Å². The fourth-order valence-electron chi connectivity index (χ4n) is 1.01. The largest absolute Gasteiger partial charge is 0.0843 e. The lowest BCUT2D eigenvalue weighted by Crippen LogP contribution is -1.87. The van der Waals surface area contributed by atoms with Crippen molar-refractivity contribution in [3.63, 3.8) is 0 Å². The molecule has 0 saturated heterocycles. The second kappa shape index (κ2) is 3.27. The molecule has 0 amide bonds. The Morgan fingerprint density at radius 2 is 1.91 bits per heavy atom. The minimum absolute atomic E-state index is 0.522. The SMILES string of the molecule is [CH2]c1cc(Cl)cc(C(C)C)c1. The molecule has 1 aromatic carbocycles. The van der Waals surface area contributed by atoms with Crippen LogP contribution in [0.25, 0.3) is 0 Å². The Hall–Kier alpha value is -0.490. The summed E-state index contributed by atoms with van der Waals surface area (Å²) in [6, 6.07) is 5.92. The van der Waals surface area contributed by atoms with Crippen LogP contribution in [0.4, 0.5) is 0 Å². The molecule has 0 aromatic heterocycles. The summed E-state index contributed by atoms with van der Waals surface area (Å²) in [5, 5.41) is 0.779. The molecule has 1 heteroatoms. The molecule has 1 aromatic rings. The summed E-state index contributed by atoms with van der Waals surface area (Å²) in [7, 11) is 0. The Kier molecular flexibility index (Phi) is 2.56. The second-order valence-electron chi connectivity index (χ2n) is 3.05. The molecule has 0 nitrogen and oxygen atoms in total. The summed E-state index contributed by atoms with van der Waals surface area (Å²) in [5.41, 5.74) is 2.24. The van der Waals surface area contributed by atoms with Gasteiger partial charge in [-0.05, 0) is 36.1 Å². The van der Waals surface area contributed by atoms with Gasteiger partial charge in [0, 0.05) is 5.02 Å². The van der Waals surface area contributed by atoms with Crippen LogP contribution in [0.1, 0.15) is 30.9 Å². The van der Waals surface area contributed by atoms with Crippen molar-refractivity contribution < 1.29 is 0 Å². The minimum atomic E-state index is 0.522. The normalized spacial score (nSPS) is 10.6. The van der Waals surface area contributed by atoms with Gasteiger partial charge in [-0.15, -0.1) is 0 Å². The lowest BCUT2D eigenvalue weighted by molar-refractivity contribution is 0.866. The summed E-state index contributed by atoms with van der Waals surface area (Å²) >= 11 is 5.85. The minimum Gasteiger partial charge on any atom is -0.0843 e. The van der Waals surface area contributed by atoms with E-state index in [1.807, 2.05) is 12.1 Å². The average Bonchev–Trinajstić information content (AvgIpc) is 1.85. The molecule has 0 aliphatic rings. The Bertz CT molecular complexity index is 231. The molecule has 11 heavy (non-hydrogen) atoms. The molecule has 0 atom stereocenters. The van der Waals surface area contributed by atoms with Crippen LogP contribution in [0.2, 0.25) is 5.02 Å². The van der Waals surface area contributed by atoms with Crippen LogP contribution in [0, 0.1) is 6.92 Å². The molecule has 0 heterocycles. The maximum atomic E-state index is 5.85. The fourth-order valence-corrected chi connectivity index (χ4v) is 1.27. The quantitative estimate of drug-likeness (QED) is 0.599. The zero-order valence-electron chi connectivity index (χ0n) is 6.89. The van der Waals surface area contributed by atoms with Gasteiger partial charge in [0.1, 0.15) is 0 Å². The maximum Gasteiger partial charge on any atom is 0.0411 e. The first-order valence-electron chi connectivity index (χ1n) is 3.72. The van der Waals surface area contributed by atoms with E-state index >= 15 is 0 Å². The van der Waals surface area contributed by atoms with E-state index in [9.17, 15) is 0 Å². The van der Waals surface area contributed by atoms with Gasteiger partial charge in [0.2, 0.25) is 0 Å². The maximum absolute atomic E-state index is 5.85. The van der Waals surface area contributed by atoms with Crippen LogP contribution >= 0.6 is 11.6 Å². The van der Waals surface area contributed by atoms with Gasteiger partial charge < -0.3 is 0 Å². The first kappa shape index (κ1) is 8.61. The van der Waals surface area contributed by atoms with Gasteiger partial charge in [-0.25, -0.2) is 0 Å². The molecule has 1 rings (SSSR count). The van der Waals surface area contributed by atoms with E-state index < -0.39 is 0 Å². The monoisotopic (exact) mass is 167 g/mol. The lowest BCUT2D eigenvalue weighted by Gasteiger charge is -2.06. The number of hydrogen-bond acceptors (Lipinski definition) is 0. The first-order valence-corrected chi connectivity index (χ1v) is 4.10. The van der Waals surface area contributed by atoms with E-state index in [1.165, 1.54) is 5.56 Å². The van der Waals surface area contributed by atoms with Crippen molar-refractivity contribution in [1.29, 1.82) is 0 Å². The zero-order valence-corrected chi connectivity index (χ0v) is 7.65. The van der Waals surface area contributed by atoms with E-state index in [0.29, 0.717) is 5.92 Å². The number of hydrogen-bond donors (Lipinski definition) is 0. The van der Waals surface area contributed by atoms with E-state index in [4.69, 9.17) is 11.6 Å². The van der Waals surface area contributed by atoms with Crippen molar-refractivity contribution in [2.45, 2.75) is 19.8 Å². The van der Waals surface area contributed by atoms with Gasteiger partial charge in [-0.2, -0.15) is 0 Å². The van der Waals surface area contributed by atoms with Gasteiger partial charge in [0.05, 0.1) is 0 Å². The van der Waals surface area contributed by atoms with E-state index in [1.54, 1.807) is 0 Å². The van der Waals surface area contributed by atoms with Gasteiger partial charge in [0.15, 0.2) is 0 Å². The molecular formula is C10H12Cl. The van der Waals surface area contributed by atoms with Crippen LogP contribution < -0.4 is 0 Å². The fraction of sp³-hybridized carbons (Fsp3) is 0.300. The molecule has 0 fully saturated rings. The Labute approximate surface area is 73.2 Å². The molecule has 0 unspecified atom stereocenters. The topological polar surface area (TPSA) is 0 Å². The van der Waals surface area contributed by atoms with Crippen molar-refractivity contribution >= 4 is 11.6 Å². The number of rotatable bonds is 1. The average molecular weight is 168 g/mol. The highest BCUT2D eigenvalue weighted by Gasteiger charge is 2.00. The molecular weight excluding hydrogens is 156 g/mol. The van der Waals surface area contributed by atoms with Crippen LogP contribution in [0.5, 0.6) is 0 Å². The third-order valence-corrected chi connectivity index (χ3v) is 1.86. The van der Waals surface area contributed by atoms with Gasteiger partial charge in [-0.3, -0.25) is 0 Å². The highest BCUT2D eigenvalue weighted by Crippen LogP contribution is 2.20. The highest BCUT2D eigenvalue weighted by atomic mass is 35.5. The molecule has 0 bridgehead atoms. The van der Waals surface area contributed by atoms with Gasteiger partial charge >= 0.3 is 0 Å². The van der Waals surface area contributed by atoms with Crippen LogP contribution in [-0.2, 0) is 0 Å². The van der Waals surface area contributed by atoms with E-state index in [2.05, 4.69) is 26.8 Å². The van der Waals surface area contributed by atoms with Crippen LogP contribution in [0.3, 0.4) is 0 Å². The Balaban J connectivity index is 3.08. The summed E-state index contributed by atoms with van der Waals surface area (Å²) in [5.74, 6) is 0.522. The van der Waals surface area contributed by atoms with Gasteiger partial charge in [0.25, 0.3) is 0 Å². The summed E-state index contributed by atoms with van der Waals surface area (Å²) in [4.78, 5) is 0. The van der Waals surface area contributed by atoms with Crippen molar-refractivity contribution in [3.8, 4) is 0 Å². The van der Waals surface area contributed by atoms with Crippen molar-refractivity contribution in [2.75, 3.05) is 0 Å². The number of halogens is 1. The molecule has 59 valence electrons. The summed E-state index contributed by atoms with van der Waals surface area (Å²) < 4.78 is 0. The van der Waals surface area contributed by atoms with Crippen molar-refractivity contribution in [1.82, 2.24) is 0 Å². The van der Waals surface area contributed by atoms with Crippen LogP contribution in [-0.4, -0.2) is 0 Å². The van der Waals surface area contributed by atoms with E-state index in [0.717, 1.165) is 10.6 Å². The predicted molar refractivity (Wildman–Crippen MR) is 50.0 cm³/mol. The lowest BCUT2D eigenvalue weighted by atomic mass is 10.0. The third kappa shape index (κ3) is 2.23. The third-order valence-electron chi connectivity index (χ3n) is 1.65. The molecule has 1 radical (unpaired) electrons. The zero-order chi connectivity index (χ0) is 8.43. The second-order valence-corrected chi connectivity index (χ2v) is 3.48. The summed E-state index contributed by atoms with van der Waals surface area (Å²) in [6.07, 6.45) is 0. The highest BCUT2D eigenvalue weighted by molar-refractivity contribution is 6.30. The predicted octanol–water partition coefficient (Wildman–Crippen LogP) is 3.65. The Morgan fingerprint density at radius 1 is 1.27 bits per heavy atom. The smallest absolute Gasteiger partial charge is 0.0411 e. The van der Waals surface area contributed by atoms with E-state index in [-0.39, 0.29) is 0 Å². The van der Waals surface area contributed by atoms with Gasteiger partial charge in [-0.1, -0.05) is 31.5 Å². The number of benzene rings is 1.